The Morgan fingerprint density at radius 2 is 1.82 bits per heavy atom. The fraction of sp³-hybridized carbons (Fsp3) is 0.667. The van der Waals surface area contributed by atoms with Gasteiger partial charge in [-0.25, -0.2) is 0 Å². The highest BCUT2D eigenvalue weighted by Crippen LogP contribution is 2.29. The van der Waals surface area contributed by atoms with Crippen molar-refractivity contribution in [1.29, 1.82) is 0 Å². The summed E-state index contributed by atoms with van der Waals surface area (Å²) in [6, 6.07) is -1.32. The molecule has 0 atom stereocenters. The summed E-state index contributed by atoms with van der Waals surface area (Å²) in [6.45, 7) is 3.45. The molecule has 0 bridgehead atoms. The van der Waals surface area contributed by atoms with Crippen molar-refractivity contribution in [3.63, 3.8) is 0 Å². The molecule has 0 aromatic heterocycles. The van der Waals surface area contributed by atoms with Crippen LogP contribution in [0, 0.1) is 5.92 Å². The largest absolute Gasteiger partial charge is 0.327 e. The van der Waals surface area contributed by atoms with Crippen molar-refractivity contribution in [3.8, 4) is 0 Å². The fourth-order valence-electron chi connectivity index (χ4n) is 1.61. The number of hydrogen-bond acceptors (Lipinski definition) is 1. The number of allylic oxidation sites excluding steroid dienone is 1. The van der Waals surface area contributed by atoms with E-state index >= 15 is 0 Å². The Balaban J connectivity index is 2.45. The highest BCUT2D eigenvalue weighted by molar-refractivity contribution is 5.87. The van der Waals surface area contributed by atoms with Crippen LogP contribution >= 0.6 is 0 Å². The Bertz CT molecular complexity index is 168. The first-order valence-corrected chi connectivity index (χ1v) is 4.10. The third kappa shape index (κ3) is 2.14. The van der Waals surface area contributed by atoms with Gasteiger partial charge in [0.25, 0.3) is 0 Å². The summed E-state index contributed by atoms with van der Waals surface area (Å²) in [5.74, 6) is 0.126. The van der Waals surface area contributed by atoms with E-state index in [4.69, 9.17) is 0 Å². The molecule has 0 heterocycles. The molecule has 1 fully saturated rings. The molecule has 1 aliphatic rings. The predicted octanol–water partition coefficient (Wildman–Crippen LogP) is 2.62. The number of carbonyl (C=O) groups excluding carboxylic acids is 1. The summed E-state index contributed by atoms with van der Waals surface area (Å²) in [5.41, 5.74) is 0.185. The smallest absolute Gasteiger partial charge is 0.256 e. The predicted molar refractivity (Wildman–Crippen MR) is 41.8 cm³/mol. The third-order valence-corrected chi connectivity index (χ3v) is 2.35. The second kappa shape index (κ2) is 3.65. The van der Waals surface area contributed by atoms with Gasteiger partial charge in [-0.3, -0.25) is 4.79 Å². The molecular formula is C9H13FO. The van der Waals surface area contributed by atoms with E-state index < -0.39 is 6.04 Å². The van der Waals surface area contributed by atoms with Crippen molar-refractivity contribution in [2.24, 2.45) is 5.92 Å². The lowest BCUT2D eigenvalue weighted by molar-refractivity contribution is -0.125. The molecule has 1 aliphatic carbocycles. The lowest BCUT2D eigenvalue weighted by Gasteiger charge is -2.20. The second-order valence-electron chi connectivity index (χ2n) is 3.13. The van der Waals surface area contributed by atoms with E-state index in [9.17, 15) is 9.18 Å². The molecule has 1 saturated carbocycles. The van der Waals surface area contributed by atoms with Gasteiger partial charge >= 0.3 is 6.04 Å². The van der Waals surface area contributed by atoms with E-state index in [1.54, 1.807) is 0 Å². The fourth-order valence-corrected chi connectivity index (χ4v) is 1.61. The zero-order chi connectivity index (χ0) is 8.27. The Labute approximate surface area is 66.3 Å². The summed E-state index contributed by atoms with van der Waals surface area (Å²) >= 11 is 0. The standard InChI is InChI=1S/C9H13FO/c1-7(9(10)11)8-5-3-2-4-6-8/h8H,1-6H2. The number of hydrogen-bond donors (Lipinski definition) is 0. The zero-order valence-corrected chi connectivity index (χ0v) is 6.61. The molecule has 0 N–H and O–H groups in total. The van der Waals surface area contributed by atoms with Crippen molar-refractivity contribution in [3.05, 3.63) is 12.2 Å². The topological polar surface area (TPSA) is 17.1 Å². The summed E-state index contributed by atoms with van der Waals surface area (Å²) in [6.07, 6.45) is 5.31. The molecule has 0 unspecified atom stereocenters. The maximum Gasteiger partial charge on any atom is 0.327 e. The van der Waals surface area contributed by atoms with E-state index in [0.29, 0.717) is 0 Å². The minimum Gasteiger partial charge on any atom is -0.256 e. The van der Waals surface area contributed by atoms with Crippen molar-refractivity contribution < 1.29 is 9.18 Å². The normalized spacial score (nSPS) is 19.7. The van der Waals surface area contributed by atoms with Gasteiger partial charge in [0.15, 0.2) is 0 Å². The van der Waals surface area contributed by atoms with Crippen LogP contribution < -0.4 is 0 Å². The molecule has 1 rings (SSSR count). The molecule has 0 aliphatic heterocycles. The molecule has 1 nitrogen and oxygen atoms in total. The number of carbonyl (C=O) groups is 1. The first-order valence-electron chi connectivity index (χ1n) is 4.10. The number of rotatable bonds is 2. The van der Waals surface area contributed by atoms with Crippen LogP contribution in [0.3, 0.4) is 0 Å². The molecule has 2 heteroatoms. The molecule has 11 heavy (non-hydrogen) atoms. The van der Waals surface area contributed by atoms with E-state index in [1.807, 2.05) is 0 Å². The lowest BCUT2D eigenvalue weighted by atomic mass is 9.85. The molecule has 0 radical (unpaired) electrons. The molecule has 0 amide bonds. The van der Waals surface area contributed by atoms with Crippen LogP contribution in [0.15, 0.2) is 12.2 Å². The van der Waals surface area contributed by atoms with E-state index in [2.05, 4.69) is 6.58 Å². The Morgan fingerprint density at radius 3 is 2.27 bits per heavy atom. The van der Waals surface area contributed by atoms with Crippen LogP contribution in [0.2, 0.25) is 0 Å². The highest BCUT2D eigenvalue weighted by atomic mass is 19.1. The summed E-state index contributed by atoms with van der Waals surface area (Å²) in [5, 5.41) is 0. The maximum atomic E-state index is 12.1. The zero-order valence-electron chi connectivity index (χ0n) is 6.61. The Hall–Kier alpha value is -0.660. The monoisotopic (exact) mass is 156 g/mol. The van der Waals surface area contributed by atoms with Gasteiger partial charge in [0.1, 0.15) is 0 Å². The molecule has 0 spiro atoms. The van der Waals surface area contributed by atoms with Crippen LogP contribution in [0.1, 0.15) is 32.1 Å². The average molecular weight is 156 g/mol. The van der Waals surface area contributed by atoms with Crippen LogP contribution in [-0.2, 0) is 4.79 Å². The SMILES string of the molecule is C=C(C(=O)F)C1CCCCC1. The quantitative estimate of drug-likeness (QED) is 0.443. The van der Waals surface area contributed by atoms with Gasteiger partial charge in [-0.05, 0) is 18.8 Å². The Kier molecular flexibility index (Phi) is 2.80. The Morgan fingerprint density at radius 1 is 1.27 bits per heavy atom. The van der Waals surface area contributed by atoms with Gasteiger partial charge in [0.2, 0.25) is 0 Å². The molecule has 0 saturated heterocycles. The van der Waals surface area contributed by atoms with Gasteiger partial charge in [-0.2, -0.15) is 4.39 Å². The minimum atomic E-state index is -1.32. The van der Waals surface area contributed by atoms with E-state index in [1.165, 1.54) is 6.42 Å². The van der Waals surface area contributed by atoms with Gasteiger partial charge < -0.3 is 0 Å². The van der Waals surface area contributed by atoms with Crippen LogP contribution in [0.4, 0.5) is 4.39 Å². The molecular weight excluding hydrogens is 143 g/mol. The van der Waals surface area contributed by atoms with Crippen LogP contribution in [0.5, 0.6) is 0 Å². The summed E-state index contributed by atoms with van der Waals surface area (Å²) < 4.78 is 12.1. The van der Waals surface area contributed by atoms with Crippen molar-refractivity contribution in [2.45, 2.75) is 32.1 Å². The molecule has 0 aromatic carbocycles. The van der Waals surface area contributed by atoms with Crippen LogP contribution in [0.25, 0.3) is 0 Å². The van der Waals surface area contributed by atoms with Gasteiger partial charge in [0, 0.05) is 5.57 Å². The minimum absolute atomic E-state index is 0.126. The van der Waals surface area contributed by atoms with Gasteiger partial charge in [0.05, 0.1) is 0 Å². The van der Waals surface area contributed by atoms with Crippen molar-refractivity contribution in [1.82, 2.24) is 0 Å². The summed E-state index contributed by atoms with van der Waals surface area (Å²) in [4.78, 5) is 10.3. The van der Waals surface area contributed by atoms with Crippen molar-refractivity contribution in [2.75, 3.05) is 0 Å². The maximum absolute atomic E-state index is 12.1. The van der Waals surface area contributed by atoms with Crippen molar-refractivity contribution >= 4 is 6.04 Å². The molecule has 0 aromatic rings. The average Bonchev–Trinajstić information content (AvgIpc) is 2.05. The van der Waals surface area contributed by atoms with Gasteiger partial charge in [-0.15, -0.1) is 0 Å². The van der Waals surface area contributed by atoms with Gasteiger partial charge in [-0.1, -0.05) is 25.8 Å². The third-order valence-electron chi connectivity index (χ3n) is 2.35. The highest BCUT2D eigenvalue weighted by Gasteiger charge is 2.20. The molecule has 62 valence electrons. The number of halogens is 1. The first-order chi connectivity index (χ1) is 5.22. The summed E-state index contributed by atoms with van der Waals surface area (Å²) in [7, 11) is 0. The second-order valence-corrected chi connectivity index (χ2v) is 3.13. The lowest BCUT2D eigenvalue weighted by Crippen LogP contribution is -2.12. The first kappa shape index (κ1) is 8.44. The van der Waals surface area contributed by atoms with E-state index in [0.717, 1.165) is 25.7 Å². The van der Waals surface area contributed by atoms with Crippen LogP contribution in [-0.4, -0.2) is 6.04 Å². The van der Waals surface area contributed by atoms with E-state index in [-0.39, 0.29) is 11.5 Å².